The summed E-state index contributed by atoms with van der Waals surface area (Å²) in [5, 5.41) is 18.3. The van der Waals surface area contributed by atoms with Crippen molar-refractivity contribution in [2.45, 2.75) is 122 Å². The number of rotatable bonds is 25. The van der Waals surface area contributed by atoms with Crippen LogP contribution < -0.4 is 4.89 Å². The van der Waals surface area contributed by atoms with Crippen LogP contribution in [0.2, 0.25) is 0 Å². The molecule has 5 heteroatoms. The Morgan fingerprint density at radius 2 is 1.18 bits per heavy atom. The van der Waals surface area contributed by atoms with Gasteiger partial charge in [-0.25, -0.2) is 0 Å². The lowest BCUT2D eigenvalue weighted by Crippen LogP contribution is -2.23. The quantitative estimate of drug-likeness (QED) is 0.0882. The minimum absolute atomic E-state index is 0.0202. The molecule has 0 amide bonds. The Morgan fingerprint density at radius 1 is 0.676 bits per heavy atom. The Kier molecular flexibility index (Phi) is 21.4. The molecule has 2 N–H and O–H groups in total. The van der Waals surface area contributed by atoms with Crippen LogP contribution in [0.5, 0.6) is 5.75 Å². The summed E-state index contributed by atoms with van der Waals surface area (Å²) >= 11 is 0. The van der Waals surface area contributed by atoms with E-state index in [4.69, 9.17) is 19.6 Å². The van der Waals surface area contributed by atoms with E-state index in [0.29, 0.717) is 5.75 Å². The van der Waals surface area contributed by atoms with Gasteiger partial charge in [0.05, 0.1) is 19.8 Å². The van der Waals surface area contributed by atoms with Gasteiger partial charge in [-0.3, -0.25) is 0 Å². The fraction of sp³-hybridized carbons (Fsp3) is 0.793. The van der Waals surface area contributed by atoms with E-state index in [1.807, 2.05) is 12.1 Å². The van der Waals surface area contributed by atoms with Crippen LogP contribution in [0.15, 0.2) is 24.3 Å². The first kappa shape index (κ1) is 30.9. The van der Waals surface area contributed by atoms with Crippen LogP contribution in [0.25, 0.3) is 0 Å². The zero-order valence-corrected chi connectivity index (χ0v) is 21.9. The SMILES string of the molecule is CCCCCCCCCCCCCCCCCCc1ccc(OOCC(O)COCCO)cc1. The van der Waals surface area contributed by atoms with Gasteiger partial charge >= 0.3 is 0 Å². The molecule has 5 nitrogen and oxygen atoms in total. The second kappa shape index (κ2) is 23.6. The molecule has 0 bridgehead atoms. The number of benzene rings is 1. The molecule has 1 rings (SSSR count). The van der Waals surface area contributed by atoms with E-state index >= 15 is 0 Å². The van der Waals surface area contributed by atoms with Crippen molar-refractivity contribution in [1.29, 1.82) is 0 Å². The Labute approximate surface area is 209 Å². The highest BCUT2D eigenvalue weighted by molar-refractivity contribution is 5.26. The molecule has 0 aliphatic rings. The van der Waals surface area contributed by atoms with Crippen molar-refractivity contribution in [3.05, 3.63) is 29.8 Å². The van der Waals surface area contributed by atoms with Crippen LogP contribution in [-0.4, -0.2) is 42.7 Å². The number of aryl methyl sites for hydroxylation is 1. The summed E-state index contributed by atoms with van der Waals surface area (Å²) in [6.45, 7) is 2.56. The number of hydrogen-bond donors (Lipinski definition) is 2. The maximum Gasteiger partial charge on any atom is 0.165 e. The molecule has 1 atom stereocenters. The van der Waals surface area contributed by atoms with E-state index in [1.165, 1.54) is 108 Å². The second-order valence-corrected chi connectivity index (χ2v) is 9.52. The molecule has 0 heterocycles. The molecule has 0 aromatic heterocycles. The normalized spacial score (nSPS) is 12.2. The number of unbranched alkanes of at least 4 members (excludes halogenated alkanes) is 15. The molecule has 1 unspecified atom stereocenters. The molecule has 1 aromatic rings. The molecular weight excluding hydrogens is 428 g/mol. The molecule has 0 aliphatic carbocycles. The van der Waals surface area contributed by atoms with Gasteiger partial charge in [-0.05, 0) is 30.5 Å². The molecule has 198 valence electrons. The molecule has 34 heavy (non-hydrogen) atoms. The first-order chi connectivity index (χ1) is 16.8. The fourth-order valence-electron chi connectivity index (χ4n) is 4.10. The Hall–Kier alpha value is -1.14. The van der Waals surface area contributed by atoms with Crippen LogP contribution in [0.1, 0.15) is 115 Å². The van der Waals surface area contributed by atoms with Gasteiger partial charge < -0.3 is 19.8 Å². The molecule has 0 fully saturated rings. The highest BCUT2D eigenvalue weighted by Gasteiger charge is 2.06. The smallest absolute Gasteiger partial charge is 0.165 e. The maximum atomic E-state index is 9.66. The molecule has 0 radical (unpaired) electrons. The zero-order chi connectivity index (χ0) is 24.5. The summed E-state index contributed by atoms with van der Waals surface area (Å²) in [7, 11) is 0. The van der Waals surface area contributed by atoms with Gasteiger partial charge in [0.2, 0.25) is 0 Å². The third-order valence-corrected chi connectivity index (χ3v) is 6.20. The van der Waals surface area contributed by atoms with Gasteiger partial charge in [0.1, 0.15) is 12.7 Å². The maximum absolute atomic E-state index is 9.66. The van der Waals surface area contributed by atoms with Crippen molar-refractivity contribution in [1.82, 2.24) is 0 Å². The van der Waals surface area contributed by atoms with Crippen molar-refractivity contribution < 1.29 is 24.7 Å². The fourth-order valence-corrected chi connectivity index (χ4v) is 4.10. The topological polar surface area (TPSA) is 68.2 Å². The summed E-state index contributed by atoms with van der Waals surface area (Å²) < 4.78 is 5.03. The molecule has 0 saturated carbocycles. The summed E-state index contributed by atoms with van der Waals surface area (Å²) in [6.07, 6.45) is 22.6. The largest absolute Gasteiger partial charge is 0.394 e. The van der Waals surface area contributed by atoms with Gasteiger partial charge in [-0.1, -0.05) is 115 Å². The lowest BCUT2D eigenvalue weighted by Gasteiger charge is -2.11. The highest BCUT2D eigenvalue weighted by Crippen LogP contribution is 2.16. The highest BCUT2D eigenvalue weighted by atomic mass is 17.2. The Balaban J connectivity index is 1.88. The standard InChI is InChI=1S/C29H52O5/c1-2-3-4-5-6-7-8-9-10-11-12-13-14-15-16-17-18-27-19-21-29(22-20-27)34-33-26-28(31)25-32-24-23-30/h19-22,28,30-31H,2-18,23-26H2,1H3. The van der Waals surface area contributed by atoms with Crippen molar-refractivity contribution in [2.75, 3.05) is 26.4 Å². The molecule has 1 aromatic carbocycles. The Morgan fingerprint density at radius 3 is 1.68 bits per heavy atom. The molecular formula is C29H52O5. The van der Waals surface area contributed by atoms with Crippen molar-refractivity contribution >= 4 is 0 Å². The predicted octanol–water partition coefficient (Wildman–Crippen LogP) is 7.17. The predicted molar refractivity (Wildman–Crippen MR) is 140 cm³/mol. The molecule has 0 spiro atoms. The number of hydrogen-bond acceptors (Lipinski definition) is 5. The summed E-state index contributed by atoms with van der Waals surface area (Å²) in [5.41, 5.74) is 1.31. The van der Waals surface area contributed by atoms with Crippen LogP contribution in [0.3, 0.4) is 0 Å². The van der Waals surface area contributed by atoms with E-state index < -0.39 is 6.10 Å². The molecule has 0 aliphatic heterocycles. The minimum Gasteiger partial charge on any atom is -0.394 e. The van der Waals surface area contributed by atoms with Crippen LogP contribution in [-0.2, 0) is 16.0 Å². The van der Waals surface area contributed by atoms with E-state index in [0.717, 1.165) is 6.42 Å². The van der Waals surface area contributed by atoms with Crippen LogP contribution in [0, 0.1) is 0 Å². The first-order valence-electron chi connectivity index (χ1n) is 14.0. The van der Waals surface area contributed by atoms with Crippen molar-refractivity contribution in [3.8, 4) is 5.75 Å². The number of ether oxygens (including phenoxy) is 1. The third kappa shape index (κ3) is 19.2. The van der Waals surface area contributed by atoms with E-state index in [-0.39, 0.29) is 26.4 Å². The lowest BCUT2D eigenvalue weighted by molar-refractivity contribution is -0.227. The zero-order valence-electron chi connectivity index (χ0n) is 21.9. The average molecular weight is 481 g/mol. The lowest BCUT2D eigenvalue weighted by atomic mass is 10.0. The monoisotopic (exact) mass is 480 g/mol. The third-order valence-electron chi connectivity index (χ3n) is 6.20. The van der Waals surface area contributed by atoms with Gasteiger partial charge in [0, 0.05) is 0 Å². The van der Waals surface area contributed by atoms with Crippen LogP contribution in [0.4, 0.5) is 0 Å². The summed E-state index contributed by atoms with van der Waals surface area (Å²) in [6, 6.07) is 7.95. The van der Waals surface area contributed by atoms with Gasteiger partial charge in [0.25, 0.3) is 0 Å². The van der Waals surface area contributed by atoms with Crippen molar-refractivity contribution in [3.63, 3.8) is 0 Å². The second-order valence-electron chi connectivity index (χ2n) is 9.52. The number of aliphatic hydroxyl groups is 2. The van der Waals surface area contributed by atoms with Crippen molar-refractivity contribution in [2.24, 2.45) is 0 Å². The minimum atomic E-state index is -0.777. The average Bonchev–Trinajstić information content (AvgIpc) is 2.85. The molecule has 0 saturated heterocycles. The van der Waals surface area contributed by atoms with Crippen LogP contribution >= 0.6 is 0 Å². The summed E-state index contributed by atoms with van der Waals surface area (Å²) in [5.74, 6) is 0.624. The van der Waals surface area contributed by atoms with Gasteiger partial charge in [0.15, 0.2) is 5.75 Å². The summed E-state index contributed by atoms with van der Waals surface area (Å²) in [4.78, 5) is 10.3. The van der Waals surface area contributed by atoms with E-state index in [9.17, 15) is 5.11 Å². The van der Waals surface area contributed by atoms with Gasteiger partial charge in [-0.2, -0.15) is 4.89 Å². The first-order valence-corrected chi connectivity index (χ1v) is 14.0. The van der Waals surface area contributed by atoms with Gasteiger partial charge in [-0.15, -0.1) is 0 Å². The van der Waals surface area contributed by atoms with E-state index in [2.05, 4.69) is 19.1 Å². The van der Waals surface area contributed by atoms with E-state index in [1.54, 1.807) is 0 Å². The Bertz CT molecular complexity index is 534. The number of aliphatic hydroxyl groups excluding tert-OH is 2.